The molecular formula is C34H20O2. The van der Waals surface area contributed by atoms with Gasteiger partial charge in [0.25, 0.3) is 0 Å². The van der Waals surface area contributed by atoms with Crippen molar-refractivity contribution < 1.29 is 9.15 Å². The van der Waals surface area contributed by atoms with Gasteiger partial charge in [-0.3, -0.25) is 0 Å². The van der Waals surface area contributed by atoms with Crippen molar-refractivity contribution >= 4 is 32.7 Å². The normalized spacial score (nSPS) is 12.1. The first-order valence-corrected chi connectivity index (χ1v) is 12.2. The van der Waals surface area contributed by atoms with E-state index in [1.807, 2.05) is 18.2 Å². The van der Waals surface area contributed by atoms with Gasteiger partial charge in [-0.1, -0.05) is 84.9 Å². The van der Waals surface area contributed by atoms with Crippen molar-refractivity contribution in [1.29, 1.82) is 0 Å². The molecule has 0 fully saturated rings. The predicted octanol–water partition coefficient (Wildman–Crippen LogP) is 9.85. The van der Waals surface area contributed by atoms with E-state index >= 15 is 0 Å². The van der Waals surface area contributed by atoms with Gasteiger partial charge in [-0.2, -0.15) is 0 Å². The highest BCUT2D eigenvalue weighted by Gasteiger charge is 2.21. The summed E-state index contributed by atoms with van der Waals surface area (Å²) in [5.74, 6) is 1.81. The number of hydrogen-bond donors (Lipinski definition) is 0. The highest BCUT2D eigenvalue weighted by Crippen LogP contribution is 2.48. The lowest BCUT2D eigenvalue weighted by Crippen LogP contribution is -1.97. The Balaban J connectivity index is 1.30. The van der Waals surface area contributed by atoms with Crippen LogP contribution in [0.4, 0.5) is 0 Å². The molecule has 0 spiro atoms. The van der Waals surface area contributed by atoms with Crippen molar-refractivity contribution in [3.8, 4) is 44.9 Å². The van der Waals surface area contributed by atoms with Gasteiger partial charge in [0.15, 0.2) is 0 Å². The molecule has 0 N–H and O–H groups in total. The summed E-state index contributed by atoms with van der Waals surface area (Å²) in [7, 11) is 0. The second-order valence-electron chi connectivity index (χ2n) is 9.33. The van der Waals surface area contributed by atoms with E-state index in [9.17, 15) is 0 Å². The standard InChI is InChI=1S/C34H20O2/c1-2-10-25(23-15-17-27-26-11-3-4-13-30(26)36-33(27)20-23)24(9-1)22-16-18-31-29(19-22)28-12-5-7-21-8-6-14-32(35-31)34(21)28/h1-20H. The van der Waals surface area contributed by atoms with Gasteiger partial charge in [0.05, 0.1) is 0 Å². The molecule has 1 aromatic heterocycles. The first kappa shape index (κ1) is 19.5. The first-order valence-electron chi connectivity index (χ1n) is 12.2. The maximum absolute atomic E-state index is 6.32. The Hall–Kier alpha value is -4.82. The van der Waals surface area contributed by atoms with Crippen LogP contribution in [0.1, 0.15) is 0 Å². The molecule has 1 aliphatic rings. The topological polar surface area (TPSA) is 22.4 Å². The van der Waals surface area contributed by atoms with E-state index in [2.05, 4.69) is 103 Å². The number of fused-ring (bicyclic) bond motifs is 5. The summed E-state index contributed by atoms with van der Waals surface area (Å²) in [5, 5.41) is 4.66. The molecule has 1 aliphatic heterocycles. The van der Waals surface area contributed by atoms with Crippen LogP contribution < -0.4 is 4.74 Å². The molecule has 2 heteroatoms. The van der Waals surface area contributed by atoms with Gasteiger partial charge in [0.1, 0.15) is 22.7 Å². The zero-order chi connectivity index (χ0) is 23.6. The summed E-state index contributed by atoms with van der Waals surface area (Å²) in [6.45, 7) is 0. The van der Waals surface area contributed by atoms with Crippen molar-refractivity contribution in [2.75, 3.05) is 0 Å². The van der Waals surface area contributed by atoms with Gasteiger partial charge in [-0.15, -0.1) is 0 Å². The summed E-state index contributed by atoms with van der Waals surface area (Å²) in [5.41, 5.74) is 8.82. The van der Waals surface area contributed by atoms with Crippen LogP contribution in [0.3, 0.4) is 0 Å². The second-order valence-corrected chi connectivity index (χ2v) is 9.33. The molecule has 6 aromatic carbocycles. The summed E-state index contributed by atoms with van der Waals surface area (Å²) in [6, 6.07) is 42.5. The van der Waals surface area contributed by atoms with Gasteiger partial charge >= 0.3 is 0 Å². The molecule has 0 amide bonds. The molecule has 7 aromatic rings. The van der Waals surface area contributed by atoms with Crippen LogP contribution in [0, 0.1) is 0 Å². The molecule has 0 saturated carbocycles. The van der Waals surface area contributed by atoms with E-state index in [-0.39, 0.29) is 0 Å². The van der Waals surface area contributed by atoms with Crippen LogP contribution in [0.15, 0.2) is 126 Å². The molecule has 2 nitrogen and oxygen atoms in total. The third kappa shape index (κ3) is 2.79. The second kappa shape index (κ2) is 7.34. The van der Waals surface area contributed by atoms with E-state index < -0.39 is 0 Å². The fourth-order valence-electron chi connectivity index (χ4n) is 5.61. The van der Waals surface area contributed by atoms with Crippen LogP contribution in [-0.2, 0) is 0 Å². The first-order chi connectivity index (χ1) is 17.8. The minimum Gasteiger partial charge on any atom is -0.456 e. The number of hydrogen-bond acceptors (Lipinski definition) is 2. The molecule has 2 heterocycles. The smallest absolute Gasteiger partial charge is 0.136 e. The highest BCUT2D eigenvalue weighted by molar-refractivity contribution is 6.07. The molecular weight excluding hydrogens is 440 g/mol. The Kier molecular flexibility index (Phi) is 3.97. The quantitative estimate of drug-likeness (QED) is 0.256. The number of benzene rings is 6. The largest absolute Gasteiger partial charge is 0.456 e. The van der Waals surface area contributed by atoms with Crippen LogP contribution >= 0.6 is 0 Å². The van der Waals surface area contributed by atoms with Crippen LogP contribution in [0.2, 0.25) is 0 Å². The van der Waals surface area contributed by atoms with E-state index in [1.165, 1.54) is 27.5 Å². The molecule has 8 rings (SSSR count). The third-order valence-corrected chi connectivity index (χ3v) is 7.28. The Morgan fingerprint density at radius 2 is 1.11 bits per heavy atom. The fourth-order valence-corrected chi connectivity index (χ4v) is 5.61. The zero-order valence-corrected chi connectivity index (χ0v) is 19.4. The Bertz CT molecular complexity index is 1970. The van der Waals surface area contributed by atoms with Crippen LogP contribution in [0.25, 0.3) is 66.1 Å². The van der Waals surface area contributed by atoms with Gasteiger partial charge < -0.3 is 9.15 Å². The molecule has 0 radical (unpaired) electrons. The van der Waals surface area contributed by atoms with Crippen molar-refractivity contribution in [3.05, 3.63) is 121 Å². The molecule has 0 aliphatic carbocycles. The molecule has 168 valence electrons. The summed E-state index contributed by atoms with van der Waals surface area (Å²) in [4.78, 5) is 0. The number of furan rings is 1. The highest BCUT2D eigenvalue weighted by atomic mass is 16.5. The summed E-state index contributed by atoms with van der Waals surface area (Å²) >= 11 is 0. The average Bonchev–Trinajstić information content (AvgIpc) is 3.31. The van der Waals surface area contributed by atoms with Gasteiger partial charge in [0.2, 0.25) is 0 Å². The molecule has 0 bridgehead atoms. The Labute approximate surface area is 208 Å². The van der Waals surface area contributed by atoms with E-state index in [0.29, 0.717) is 0 Å². The maximum Gasteiger partial charge on any atom is 0.136 e. The third-order valence-electron chi connectivity index (χ3n) is 7.28. The van der Waals surface area contributed by atoms with E-state index in [1.54, 1.807) is 0 Å². The van der Waals surface area contributed by atoms with Crippen molar-refractivity contribution in [2.45, 2.75) is 0 Å². The fraction of sp³-hybridized carbons (Fsp3) is 0. The zero-order valence-electron chi connectivity index (χ0n) is 19.4. The van der Waals surface area contributed by atoms with Crippen molar-refractivity contribution in [2.24, 2.45) is 0 Å². The molecule has 36 heavy (non-hydrogen) atoms. The number of para-hydroxylation sites is 1. The lowest BCUT2D eigenvalue weighted by Gasteiger charge is -2.22. The Morgan fingerprint density at radius 3 is 2.00 bits per heavy atom. The average molecular weight is 461 g/mol. The lowest BCUT2D eigenvalue weighted by atomic mass is 9.90. The minimum atomic E-state index is 0.895. The Morgan fingerprint density at radius 1 is 0.417 bits per heavy atom. The molecule has 0 saturated heterocycles. The minimum absolute atomic E-state index is 0.895. The van der Waals surface area contributed by atoms with Gasteiger partial charge in [-0.25, -0.2) is 0 Å². The number of rotatable bonds is 2. The van der Waals surface area contributed by atoms with Crippen LogP contribution in [0.5, 0.6) is 11.5 Å². The van der Waals surface area contributed by atoms with Crippen molar-refractivity contribution in [3.63, 3.8) is 0 Å². The van der Waals surface area contributed by atoms with Gasteiger partial charge in [-0.05, 0) is 69.6 Å². The number of ether oxygens (including phenoxy) is 1. The van der Waals surface area contributed by atoms with E-state index in [4.69, 9.17) is 9.15 Å². The van der Waals surface area contributed by atoms with Gasteiger partial charge in [0, 0.05) is 21.7 Å². The van der Waals surface area contributed by atoms with Crippen molar-refractivity contribution in [1.82, 2.24) is 0 Å². The summed E-state index contributed by atoms with van der Waals surface area (Å²) in [6.07, 6.45) is 0. The summed E-state index contributed by atoms with van der Waals surface area (Å²) < 4.78 is 12.5. The molecule has 0 atom stereocenters. The molecule has 0 unspecified atom stereocenters. The lowest BCUT2D eigenvalue weighted by molar-refractivity contribution is 0.487. The predicted molar refractivity (Wildman–Crippen MR) is 148 cm³/mol. The van der Waals surface area contributed by atoms with E-state index in [0.717, 1.165) is 50.1 Å². The maximum atomic E-state index is 6.32. The van der Waals surface area contributed by atoms with Crippen LogP contribution in [-0.4, -0.2) is 0 Å². The SMILES string of the molecule is c1ccc(-c2ccc3c(c2)oc2ccccc23)c(-c2ccc3c(c2)-c2cccc4cccc(c24)O3)c1. The monoisotopic (exact) mass is 460 g/mol.